The second-order valence-corrected chi connectivity index (χ2v) is 5.74. The molecular weight excluding hydrogens is 274 g/mol. The monoisotopic (exact) mass is 297 g/mol. The molecule has 116 valence electrons. The van der Waals surface area contributed by atoms with E-state index in [0.29, 0.717) is 11.6 Å². The van der Waals surface area contributed by atoms with E-state index >= 15 is 0 Å². The first kappa shape index (κ1) is 16.0. The Balaban J connectivity index is 1.99. The molecule has 0 atom stereocenters. The van der Waals surface area contributed by atoms with Crippen molar-refractivity contribution < 1.29 is 4.79 Å². The molecule has 22 heavy (non-hydrogen) atoms. The molecule has 1 N–H and O–H groups in total. The fourth-order valence-electron chi connectivity index (χ4n) is 2.07. The van der Waals surface area contributed by atoms with Gasteiger partial charge in [0, 0.05) is 19.3 Å². The highest BCUT2D eigenvalue weighted by Crippen LogP contribution is 2.15. The van der Waals surface area contributed by atoms with Crippen molar-refractivity contribution in [2.24, 2.45) is 5.92 Å². The Kier molecular flexibility index (Phi) is 5.53. The number of hydrogen-bond acceptors (Lipinski definition) is 3. The van der Waals surface area contributed by atoms with Crippen LogP contribution in [-0.4, -0.2) is 24.5 Å². The van der Waals surface area contributed by atoms with Crippen molar-refractivity contribution in [3.8, 4) is 0 Å². The van der Waals surface area contributed by atoms with E-state index in [1.54, 1.807) is 24.2 Å². The number of benzene rings is 1. The molecule has 0 aliphatic rings. The summed E-state index contributed by atoms with van der Waals surface area (Å²) in [5.41, 5.74) is 2.24. The van der Waals surface area contributed by atoms with Gasteiger partial charge in [0.05, 0.1) is 11.9 Å². The molecule has 0 bridgehead atoms. The second kappa shape index (κ2) is 7.59. The normalized spacial score (nSPS) is 10.5. The first-order valence-electron chi connectivity index (χ1n) is 7.61. The van der Waals surface area contributed by atoms with Crippen LogP contribution in [0, 0.1) is 5.92 Å². The number of amides is 1. The molecule has 2 rings (SSSR count). The van der Waals surface area contributed by atoms with Gasteiger partial charge >= 0.3 is 0 Å². The number of aromatic nitrogens is 1. The van der Waals surface area contributed by atoms with E-state index in [4.69, 9.17) is 0 Å². The molecule has 0 fully saturated rings. The van der Waals surface area contributed by atoms with Crippen molar-refractivity contribution in [2.45, 2.75) is 20.3 Å². The van der Waals surface area contributed by atoms with Crippen LogP contribution in [0.2, 0.25) is 0 Å². The number of pyridine rings is 1. The van der Waals surface area contributed by atoms with Crippen molar-refractivity contribution in [1.82, 2.24) is 4.98 Å². The lowest BCUT2D eigenvalue weighted by atomic mass is 10.1. The summed E-state index contributed by atoms with van der Waals surface area (Å²) in [6.45, 7) is 5.30. The Labute approximate surface area is 132 Å². The smallest absolute Gasteiger partial charge is 0.276 e. The molecule has 4 nitrogen and oxygen atoms in total. The number of nitrogens with one attached hydrogen (secondary N) is 1. The number of carbonyl (C=O) groups excluding carboxylic acids is 1. The molecule has 0 spiro atoms. The zero-order valence-corrected chi connectivity index (χ0v) is 13.4. The van der Waals surface area contributed by atoms with Gasteiger partial charge in [-0.25, -0.2) is 4.98 Å². The molecule has 1 aromatic carbocycles. The van der Waals surface area contributed by atoms with E-state index in [-0.39, 0.29) is 5.91 Å². The number of para-hydroxylation sites is 1. The Morgan fingerprint density at radius 2 is 1.91 bits per heavy atom. The molecule has 2 aromatic rings. The van der Waals surface area contributed by atoms with Crippen LogP contribution in [0.5, 0.6) is 0 Å². The van der Waals surface area contributed by atoms with Gasteiger partial charge in [-0.1, -0.05) is 32.0 Å². The van der Waals surface area contributed by atoms with E-state index in [9.17, 15) is 4.79 Å². The van der Waals surface area contributed by atoms with Gasteiger partial charge in [0.25, 0.3) is 5.91 Å². The van der Waals surface area contributed by atoms with Crippen LogP contribution in [0.25, 0.3) is 0 Å². The van der Waals surface area contributed by atoms with Gasteiger partial charge in [0.2, 0.25) is 0 Å². The SMILES string of the molecule is CC(C)CCNc1ccc(C(=O)N(C)c2ccccc2)nc1. The van der Waals surface area contributed by atoms with E-state index in [1.807, 2.05) is 36.4 Å². The van der Waals surface area contributed by atoms with E-state index in [1.165, 1.54) is 0 Å². The molecule has 0 radical (unpaired) electrons. The minimum atomic E-state index is -0.111. The third-order valence-electron chi connectivity index (χ3n) is 3.48. The van der Waals surface area contributed by atoms with Gasteiger partial charge in [-0.3, -0.25) is 4.79 Å². The lowest BCUT2D eigenvalue weighted by Crippen LogP contribution is -2.26. The number of anilines is 2. The Bertz CT molecular complexity index is 593. The molecule has 0 aliphatic carbocycles. The second-order valence-electron chi connectivity index (χ2n) is 5.74. The van der Waals surface area contributed by atoms with Crippen molar-refractivity contribution in [3.63, 3.8) is 0 Å². The van der Waals surface area contributed by atoms with E-state index in [0.717, 1.165) is 24.3 Å². The molecule has 0 aliphatic heterocycles. The quantitative estimate of drug-likeness (QED) is 0.881. The predicted molar refractivity (Wildman–Crippen MR) is 91.4 cm³/mol. The predicted octanol–water partition coefficient (Wildman–Crippen LogP) is 3.82. The zero-order chi connectivity index (χ0) is 15.9. The topological polar surface area (TPSA) is 45.2 Å². The molecular formula is C18H23N3O. The van der Waals surface area contributed by atoms with E-state index < -0.39 is 0 Å². The fraction of sp³-hybridized carbons (Fsp3) is 0.333. The van der Waals surface area contributed by atoms with Gasteiger partial charge in [0.15, 0.2) is 0 Å². The highest BCUT2D eigenvalue weighted by molar-refractivity contribution is 6.04. The van der Waals surface area contributed by atoms with Crippen LogP contribution >= 0.6 is 0 Å². The number of rotatable bonds is 6. The lowest BCUT2D eigenvalue weighted by Gasteiger charge is -2.17. The van der Waals surface area contributed by atoms with Crippen LogP contribution in [0.1, 0.15) is 30.8 Å². The maximum Gasteiger partial charge on any atom is 0.276 e. The zero-order valence-electron chi connectivity index (χ0n) is 13.4. The first-order valence-corrected chi connectivity index (χ1v) is 7.61. The number of carbonyl (C=O) groups is 1. The Morgan fingerprint density at radius 1 is 1.18 bits per heavy atom. The van der Waals surface area contributed by atoms with Crippen molar-refractivity contribution in [1.29, 1.82) is 0 Å². The highest BCUT2D eigenvalue weighted by Gasteiger charge is 2.14. The van der Waals surface area contributed by atoms with Crippen LogP contribution < -0.4 is 10.2 Å². The van der Waals surface area contributed by atoms with Crippen molar-refractivity contribution in [3.05, 3.63) is 54.4 Å². The Morgan fingerprint density at radius 3 is 2.50 bits per heavy atom. The minimum Gasteiger partial charge on any atom is -0.384 e. The van der Waals surface area contributed by atoms with Gasteiger partial charge in [-0.05, 0) is 36.6 Å². The average Bonchev–Trinajstić information content (AvgIpc) is 2.54. The maximum atomic E-state index is 12.4. The molecule has 1 heterocycles. The summed E-state index contributed by atoms with van der Waals surface area (Å²) >= 11 is 0. The molecule has 0 saturated heterocycles. The van der Waals surface area contributed by atoms with Gasteiger partial charge in [0.1, 0.15) is 5.69 Å². The summed E-state index contributed by atoms with van der Waals surface area (Å²) in [6, 6.07) is 13.2. The maximum absolute atomic E-state index is 12.4. The molecule has 0 saturated carbocycles. The summed E-state index contributed by atoms with van der Waals surface area (Å²) in [4.78, 5) is 18.3. The third kappa shape index (κ3) is 4.32. The summed E-state index contributed by atoms with van der Waals surface area (Å²) in [7, 11) is 1.76. The van der Waals surface area contributed by atoms with E-state index in [2.05, 4.69) is 24.1 Å². The summed E-state index contributed by atoms with van der Waals surface area (Å²) < 4.78 is 0. The molecule has 1 aromatic heterocycles. The molecule has 1 amide bonds. The summed E-state index contributed by atoms with van der Waals surface area (Å²) in [5, 5.41) is 3.32. The lowest BCUT2D eigenvalue weighted by molar-refractivity contribution is 0.0988. The van der Waals surface area contributed by atoms with Crippen molar-refractivity contribution in [2.75, 3.05) is 23.8 Å². The number of nitrogens with zero attached hydrogens (tertiary/aromatic N) is 2. The van der Waals surface area contributed by atoms with Gasteiger partial charge < -0.3 is 10.2 Å². The summed E-state index contributed by atoms with van der Waals surface area (Å²) in [5.74, 6) is 0.556. The van der Waals surface area contributed by atoms with Crippen LogP contribution in [0.15, 0.2) is 48.7 Å². The largest absolute Gasteiger partial charge is 0.384 e. The minimum absolute atomic E-state index is 0.111. The standard InChI is InChI=1S/C18H23N3O/c1-14(2)11-12-19-15-9-10-17(20-13-15)18(22)21(3)16-7-5-4-6-8-16/h4-10,13-14,19H,11-12H2,1-3H3. The van der Waals surface area contributed by atoms with Crippen LogP contribution in [-0.2, 0) is 0 Å². The number of hydrogen-bond donors (Lipinski definition) is 1. The Hall–Kier alpha value is -2.36. The highest BCUT2D eigenvalue weighted by atomic mass is 16.2. The molecule has 0 unspecified atom stereocenters. The average molecular weight is 297 g/mol. The first-order chi connectivity index (χ1) is 10.6. The van der Waals surface area contributed by atoms with Crippen LogP contribution in [0.4, 0.5) is 11.4 Å². The third-order valence-corrected chi connectivity index (χ3v) is 3.48. The fourth-order valence-corrected chi connectivity index (χ4v) is 2.07. The van der Waals surface area contributed by atoms with Crippen molar-refractivity contribution >= 4 is 17.3 Å². The van der Waals surface area contributed by atoms with Gasteiger partial charge in [-0.15, -0.1) is 0 Å². The summed E-state index contributed by atoms with van der Waals surface area (Å²) in [6.07, 6.45) is 2.82. The van der Waals surface area contributed by atoms with Gasteiger partial charge in [-0.2, -0.15) is 0 Å². The molecule has 4 heteroatoms. The van der Waals surface area contributed by atoms with Crippen LogP contribution in [0.3, 0.4) is 0 Å².